The van der Waals surface area contributed by atoms with Crippen LogP contribution in [-0.4, -0.2) is 59.9 Å². The average Bonchev–Trinajstić information content (AvgIpc) is 3.23. The van der Waals surface area contributed by atoms with E-state index in [1.54, 1.807) is 0 Å². The van der Waals surface area contributed by atoms with Crippen molar-refractivity contribution >= 4 is 17.7 Å². The largest absolute Gasteiger partial charge is 0.489 e. The van der Waals surface area contributed by atoms with Crippen LogP contribution in [0.1, 0.15) is 49.5 Å². The zero-order chi connectivity index (χ0) is 29.0. The highest BCUT2D eigenvalue weighted by atomic mass is 16.5. The normalized spacial score (nSPS) is 25.1. The van der Waals surface area contributed by atoms with Gasteiger partial charge in [0.2, 0.25) is 11.8 Å². The second-order valence-corrected chi connectivity index (χ2v) is 7.92. The molecule has 0 radical (unpaired) electrons. The van der Waals surface area contributed by atoms with Crippen molar-refractivity contribution in [2.24, 2.45) is 0 Å². The Kier molecular flexibility index (Phi) is 4.19. The molecule has 2 aromatic carbocycles. The van der Waals surface area contributed by atoms with E-state index in [9.17, 15) is 14.4 Å². The van der Waals surface area contributed by atoms with Crippen LogP contribution in [0.4, 0.5) is 0 Å². The summed E-state index contributed by atoms with van der Waals surface area (Å²) in [4.78, 5) is 39.7. The van der Waals surface area contributed by atoms with Crippen LogP contribution in [0.25, 0.3) is 0 Å². The van der Waals surface area contributed by atoms with Gasteiger partial charge >= 0.3 is 0 Å². The summed E-state index contributed by atoms with van der Waals surface area (Å²) in [6.07, 6.45) is 0.242. The number of hydrogen-bond acceptors (Lipinski definition) is 6. The molecule has 5 rings (SSSR count). The van der Waals surface area contributed by atoms with Crippen LogP contribution in [0.3, 0.4) is 0 Å². The molecule has 1 unspecified atom stereocenters. The zero-order valence-electron chi connectivity index (χ0n) is 24.8. The lowest BCUT2D eigenvalue weighted by Gasteiger charge is -2.29. The molecule has 0 saturated carbocycles. The monoisotopic (exact) mass is 456 g/mol. The van der Waals surface area contributed by atoms with Gasteiger partial charge in [0, 0.05) is 39.9 Å². The molecule has 172 valence electrons. The first-order chi connectivity index (χ1) is 18.8. The van der Waals surface area contributed by atoms with Crippen LogP contribution in [0, 0.1) is 0 Å². The highest BCUT2D eigenvalue weighted by Gasteiger charge is 2.40. The van der Waals surface area contributed by atoms with Crippen LogP contribution in [0.15, 0.2) is 42.4 Å². The number of carbonyl (C=O) groups is 3. The minimum absolute atomic E-state index is 0.0178. The number of hydrogen-bond donors (Lipinski definition) is 1. The van der Waals surface area contributed by atoms with E-state index in [-0.39, 0.29) is 62.6 Å². The van der Waals surface area contributed by atoms with Crippen LogP contribution in [0.2, 0.25) is 0 Å². The maximum atomic E-state index is 13.1. The number of nitrogens with one attached hydrogen (secondary N) is 1. The van der Waals surface area contributed by atoms with Crippen molar-refractivity contribution in [1.29, 1.82) is 0 Å². The van der Waals surface area contributed by atoms with Gasteiger partial charge in [-0.15, -0.1) is 0 Å². The number of fused-ring (bicyclic) bond motifs is 1. The van der Waals surface area contributed by atoms with Crippen LogP contribution in [0.5, 0.6) is 5.75 Å². The lowest BCUT2D eigenvalue weighted by Crippen LogP contribution is -2.52. The lowest BCUT2D eigenvalue weighted by atomic mass is 10.0. The van der Waals surface area contributed by atoms with E-state index in [1.807, 2.05) is 0 Å². The molecule has 1 N–H and O–H groups in total. The molecule has 1 atom stereocenters. The first kappa shape index (κ1) is 14.8. The lowest BCUT2D eigenvalue weighted by molar-refractivity contribution is -0.136. The fraction of sp³-hybridized carbons (Fsp3) is 0.400. The predicted octanol–water partition coefficient (Wildman–Crippen LogP) is 1.86. The van der Waals surface area contributed by atoms with Gasteiger partial charge in [-0.1, -0.05) is 30.3 Å². The smallest absolute Gasteiger partial charge is 0.255 e. The second kappa shape index (κ2) is 9.33. The summed E-state index contributed by atoms with van der Waals surface area (Å²) >= 11 is 0. The molecule has 33 heavy (non-hydrogen) atoms. The van der Waals surface area contributed by atoms with E-state index in [1.165, 1.54) is 28.0 Å². The van der Waals surface area contributed by atoms with E-state index in [2.05, 4.69) is 5.32 Å². The number of rotatable bonds is 6. The molecule has 0 aromatic heterocycles. The summed E-state index contributed by atoms with van der Waals surface area (Å²) in [5, 5.41) is 2.23. The number of imide groups is 1. The van der Waals surface area contributed by atoms with Crippen molar-refractivity contribution in [2.75, 3.05) is 26.3 Å². The topological polar surface area (TPSA) is 88.2 Å². The molecular formula is C25H27N3O5. The molecule has 0 bridgehead atoms. The number of amides is 3. The SMILES string of the molecule is [2H]c1cc(C([2H])([2H])Oc2cccc3c2CN(C2CCC(=O)NC2=O)C3=O)c([2H])c([2H])c1C([2H])([2H])N1CCOCC1. The molecule has 8 nitrogen and oxygen atoms in total. The van der Waals surface area contributed by atoms with Crippen molar-refractivity contribution in [3.63, 3.8) is 0 Å². The fourth-order valence-electron chi connectivity index (χ4n) is 4.06. The maximum Gasteiger partial charge on any atom is 0.255 e. The zero-order valence-corrected chi connectivity index (χ0v) is 17.8. The number of carbonyl (C=O) groups excluding carboxylic acids is 3. The van der Waals surface area contributed by atoms with Gasteiger partial charge in [0.15, 0.2) is 0 Å². The fourth-order valence-corrected chi connectivity index (χ4v) is 4.06. The third-order valence-corrected chi connectivity index (χ3v) is 5.77. The van der Waals surface area contributed by atoms with Crippen molar-refractivity contribution in [2.45, 2.75) is 38.5 Å². The summed E-state index contributed by atoms with van der Waals surface area (Å²) in [5.41, 5.74) is -0.247. The first-order valence-electron chi connectivity index (χ1n) is 14.2. The Morgan fingerprint density at radius 3 is 2.76 bits per heavy atom. The van der Waals surface area contributed by atoms with Gasteiger partial charge in [-0.05, 0) is 29.7 Å². The second-order valence-electron chi connectivity index (χ2n) is 7.92. The van der Waals surface area contributed by atoms with Gasteiger partial charge in [-0.25, -0.2) is 0 Å². The molecule has 3 amide bonds. The standard InChI is InChI=1S/C25H27N3O5/c29-23-9-8-21(24(30)26-23)28-15-20-19(25(28)31)2-1-3-22(20)33-16-18-6-4-17(5-7-18)14-27-10-12-32-13-11-27/h1-7,21H,8-16H2,(H,26,29,30)/i4D,5D,6D,14D2,16D2. The van der Waals surface area contributed by atoms with E-state index in [4.69, 9.17) is 19.1 Å². The van der Waals surface area contributed by atoms with Crippen molar-refractivity contribution in [3.05, 3.63) is 64.6 Å². The molecule has 3 heterocycles. The Bertz CT molecular complexity index is 1400. The number of morpholine rings is 1. The predicted molar refractivity (Wildman–Crippen MR) is 119 cm³/mol. The average molecular weight is 457 g/mol. The van der Waals surface area contributed by atoms with Crippen molar-refractivity contribution < 1.29 is 33.5 Å². The van der Waals surface area contributed by atoms with Gasteiger partial charge in [0.05, 0.1) is 26.6 Å². The van der Waals surface area contributed by atoms with Gasteiger partial charge in [0.25, 0.3) is 5.91 Å². The molecule has 2 fully saturated rings. The van der Waals surface area contributed by atoms with Gasteiger partial charge in [-0.3, -0.25) is 24.6 Å². The Hall–Kier alpha value is -3.23. The number of piperidine rings is 1. The van der Waals surface area contributed by atoms with Gasteiger partial charge in [0.1, 0.15) is 18.4 Å². The maximum absolute atomic E-state index is 13.1. The number of benzene rings is 2. The summed E-state index contributed by atoms with van der Waals surface area (Å²) in [6.45, 7) is -4.00. The molecule has 8 heteroatoms. The van der Waals surface area contributed by atoms with E-state index >= 15 is 0 Å². The molecule has 3 aliphatic rings. The van der Waals surface area contributed by atoms with E-state index in [0.29, 0.717) is 5.56 Å². The quantitative estimate of drug-likeness (QED) is 0.668. The molecular weight excluding hydrogens is 422 g/mol. The Morgan fingerprint density at radius 2 is 1.94 bits per heavy atom. The Morgan fingerprint density at radius 1 is 1.12 bits per heavy atom. The summed E-state index contributed by atoms with van der Waals surface area (Å²) in [7, 11) is 0. The minimum Gasteiger partial charge on any atom is -0.489 e. The first-order valence-corrected chi connectivity index (χ1v) is 10.7. The highest BCUT2D eigenvalue weighted by molar-refractivity contribution is 6.05. The highest BCUT2D eigenvalue weighted by Crippen LogP contribution is 2.34. The van der Waals surface area contributed by atoms with E-state index < -0.39 is 60.5 Å². The Labute approximate surface area is 202 Å². The van der Waals surface area contributed by atoms with Crippen LogP contribution < -0.4 is 10.1 Å². The summed E-state index contributed by atoms with van der Waals surface area (Å²) in [5.74, 6) is -1.48. The molecule has 0 aliphatic carbocycles. The van der Waals surface area contributed by atoms with Crippen molar-refractivity contribution in [1.82, 2.24) is 15.1 Å². The van der Waals surface area contributed by atoms with E-state index in [0.717, 1.165) is 6.07 Å². The number of ether oxygens (including phenoxy) is 2. The van der Waals surface area contributed by atoms with Crippen LogP contribution >= 0.6 is 0 Å². The molecule has 2 aromatic rings. The van der Waals surface area contributed by atoms with Crippen molar-refractivity contribution in [3.8, 4) is 5.75 Å². The number of nitrogens with zero attached hydrogens (tertiary/aromatic N) is 2. The van der Waals surface area contributed by atoms with Gasteiger partial charge < -0.3 is 14.4 Å². The van der Waals surface area contributed by atoms with Crippen LogP contribution in [-0.2, 0) is 33.9 Å². The molecule has 0 spiro atoms. The summed E-state index contributed by atoms with van der Waals surface area (Å²) < 4.78 is 70.8. The summed E-state index contributed by atoms with van der Waals surface area (Å²) in [6, 6.07) is 2.89. The van der Waals surface area contributed by atoms with Gasteiger partial charge in [-0.2, -0.15) is 0 Å². The third-order valence-electron chi connectivity index (χ3n) is 5.77. The molecule has 3 aliphatic heterocycles. The molecule has 2 saturated heterocycles. The Balaban J connectivity index is 1.44. The third kappa shape index (κ3) is 4.62. The minimum atomic E-state index is -2.73.